The fourth-order valence-electron chi connectivity index (χ4n) is 7.84. The van der Waals surface area contributed by atoms with Crippen LogP contribution in [0.1, 0.15) is 0 Å². The lowest BCUT2D eigenvalue weighted by Crippen LogP contribution is -2.10. The molecule has 8 aromatic carbocycles. The van der Waals surface area contributed by atoms with Gasteiger partial charge in [0.1, 0.15) is 16.7 Å². The van der Waals surface area contributed by atoms with Crippen LogP contribution in [0.4, 0.5) is 17.1 Å². The molecule has 0 spiro atoms. The number of furan rings is 2. The van der Waals surface area contributed by atoms with E-state index >= 15 is 0 Å². The molecule has 0 atom stereocenters. The maximum Gasteiger partial charge on any atom is 0.159 e. The van der Waals surface area contributed by atoms with Gasteiger partial charge in [0.2, 0.25) is 0 Å². The van der Waals surface area contributed by atoms with Crippen molar-refractivity contribution in [1.29, 1.82) is 0 Å². The third kappa shape index (κ3) is 4.51. The third-order valence-electron chi connectivity index (χ3n) is 10.3. The molecule has 0 aliphatic rings. The summed E-state index contributed by atoms with van der Waals surface area (Å²) in [7, 11) is 0. The molecular weight excluding hydrogens is 655 g/mol. The highest BCUT2D eigenvalue weighted by Crippen LogP contribution is 2.46. The van der Waals surface area contributed by atoms with Gasteiger partial charge in [-0.25, -0.2) is 0 Å². The van der Waals surface area contributed by atoms with Gasteiger partial charge in [0.25, 0.3) is 0 Å². The first-order valence-corrected chi connectivity index (χ1v) is 18.3. The Balaban J connectivity index is 1.13. The molecule has 52 heavy (non-hydrogen) atoms. The van der Waals surface area contributed by atoms with Crippen LogP contribution in [0.15, 0.2) is 185 Å². The lowest BCUT2D eigenvalue weighted by molar-refractivity contribution is 0.668. The van der Waals surface area contributed by atoms with E-state index in [2.05, 4.69) is 163 Å². The highest BCUT2D eigenvalue weighted by molar-refractivity contribution is 7.25. The monoisotopic (exact) mass is 683 g/mol. The summed E-state index contributed by atoms with van der Waals surface area (Å²) in [6, 6.07) is 62.4. The van der Waals surface area contributed by atoms with Crippen molar-refractivity contribution in [3.05, 3.63) is 176 Å². The van der Waals surface area contributed by atoms with Gasteiger partial charge in [0.05, 0.1) is 11.4 Å². The molecule has 3 nitrogen and oxygen atoms in total. The normalized spacial score (nSPS) is 11.8. The Kier molecular flexibility index (Phi) is 6.42. The summed E-state index contributed by atoms with van der Waals surface area (Å²) in [6.07, 6.45) is 0. The summed E-state index contributed by atoms with van der Waals surface area (Å²) in [5.74, 6) is 0. The van der Waals surface area contributed by atoms with Crippen molar-refractivity contribution in [1.82, 2.24) is 0 Å². The van der Waals surface area contributed by atoms with E-state index in [0.29, 0.717) is 0 Å². The van der Waals surface area contributed by atoms with Crippen LogP contribution in [0.25, 0.3) is 86.3 Å². The fraction of sp³-hybridized carbons (Fsp3) is 0. The zero-order valence-corrected chi connectivity index (χ0v) is 28.7. The van der Waals surface area contributed by atoms with Crippen LogP contribution in [0.5, 0.6) is 0 Å². The molecular formula is C48H29NO2S. The number of anilines is 3. The number of hydrogen-bond donors (Lipinski definition) is 0. The van der Waals surface area contributed by atoms with E-state index in [1.165, 1.54) is 25.7 Å². The minimum absolute atomic E-state index is 0.836. The van der Waals surface area contributed by atoms with Gasteiger partial charge in [0.15, 0.2) is 5.58 Å². The molecule has 0 saturated carbocycles. The molecule has 11 aromatic rings. The van der Waals surface area contributed by atoms with Crippen LogP contribution < -0.4 is 4.90 Å². The molecule has 0 aliphatic carbocycles. The molecule has 0 N–H and O–H groups in total. The van der Waals surface area contributed by atoms with Crippen molar-refractivity contribution >= 4 is 92.4 Å². The second-order valence-corrected chi connectivity index (χ2v) is 14.4. The van der Waals surface area contributed by atoms with Gasteiger partial charge in [-0.05, 0) is 65.2 Å². The van der Waals surface area contributed by atoms with E-state index in [-0.39, 0.29) is 0 Å². The molecule has 0 saturated heterocycles. The first-order chi connectivity index (χ1) is 25.8. The van der Waals surface area contributed by atoms with E-state index < -0.39 is 0 Å². The molecule has 3 aromatic heterocycles. The number of fused-ring (bicyclic) bond motifs is 9. The molecule has 0 fully saturated rings. The standard InChI is InChI=1S/C48H29NO2S/c1-2-11-30(12-3-1)35-17-9-18-40-41-19-10-20-42(48(41)51-47(35)40)49(34-24-26-37-36-15-4-6-21-43(36)50-44(37)29-34)33-14-8-13-31(27-33)32-23-25-39-38-16-5-7-22-45(38)52-46(39)28-32/h1-29H. The van der Waals surface area contributed by atoms with Crippen molar-refractivity contribution < 1.29 is 8.83 Å². The summed E-state index contributed by atoms with van der Waals surface area (Å²) >= 11 is 1.85. The van der Waals surface area contributed by atoms with Gasteiger partial charge in [-0.2, -0.15) is 0 Å². The van der Waals surface area contributed by atoms with Gasteiger partial charge in [-0.1, -0.05) is 121 Å². The molecule has 3 heterocycles. The number of benzene rings is 8. The van der Waals surface area contributed by atoms with Crippen molar-refractivity contribution in [3.8, 4) is 22.3 Å². The topological polar surface area (TPSA) is 29.5 Å². The molecule has 244 valence electrons. The Bertz CT molecular complexity index is 3150. The van der Waals surface area contributed by atoms with Crippen LogP contribution in [0.2, 0.25) is 0 Å². The van der Waals surface area contributed by atoms with Crippen molar-refractivity contribution in [2.24, 2.45) is 0 Å². The minimum atomic E-state index is 0.836. The molecule has 0 amide bonds. The number of thiophene rings is 1. The summed E-state index contributed by atoms with van der Waals surface area (Å²) in [4.78, 5) is 2.31. The van der Waals surface area contributed by atoms with Crippen LogP contribution in [-0.2, 0) is 0 Å². The Morgan fingerprint density at radius 1 is 0.365 bits per heavy atom. The number of hydrogen-bond acceptors (Lipinski definition) is 4. The maximum absolute atomic E-state index is 6.96. The Morgan fingerprint density at radius 2 is 1.02 bits per heavy atom. The first kappa shape index (κ1) is 29.1. The van der Waals surface area contributed by atoms with Crippen LogP contribution >= 0.6 is 11.3 Å². The van der Waals surface area contributed by atoms with Gasteiger partial charge < -0.3 is 13.7 Å². The molecule has 4 heteroatoms. The van der Waals surface area contributed by atoms with Crippen LogP contribution in [0.3, 0.4) is 0 Å². The number of nitrogens with zero attached hydrogens (tertiary/aromatic N) is 1. The summed E-state index contributed by atoms with van der Waals surface area (Å²) in [6.45, 7) is 0. The Labute approximate surface area is 303 Å². The van der Waals surface area contributed by atoms with Gasteiger partial charge in [-0.15, -0.1) is 11.3 Å². The number of rotatable bonds is 5. The van der Waals surface area contributed by atoms with Crippen LogP contribution in [-0.4, -0.2) is 0 Å². The average molecular weight is 684 g/mol. The zero-order valence-electron chi connectivity index (χ0n) is 27.9. The molecule has 0 radical (unpaired) electrons. The second-order valence-electron chi connectivity index (χ2n) is 13.3. The highest BCUT2D eigenvalue weighted by atomic mass is 32.1. The average Bonchev–Trinajstić information content (AvgIpc) is 3.89. The lowest BCUT2D eigenvalue weighted by Gasteiger charge is -2.26. The van der Waals surface area contributed by atoms with E-state index in [1.807, 2.05) is 29.5 Å². The minimum Gasteiger partial charge on any atom is -0.456 e. The van der Waals surface area contributed by atoms with Crippen LogP contribution in [0, 0.1) is 0 Å². The smallest absolute Gasteiger partial charge is 0.159 e. The predicted molar refractivity (Wildman–Crippen MR) is 219 cm³/mol. The lowest BCUT2D eigenvalue weighted by atomic mass is 10.0. The summed E-state index contributed by atoms with van der Waals surface area (Å²) in [5, 5.41) is 6.99. The van der Waals surface area contributed by atoms with E-state index in [0.717, 1.165) is 77.6 Å². The van der Waals surface area contributed by atoms with Crippen molar-refractivity contribution in [3.63, 3.8) is 0 Å². The largest absolute Gasteiger partial charge is 0.456 e. The Morgan fingerprint density at radius 3 is 1.94 bits per heavy atom. The summed E-state index contributed by atoms with van der Waals surface area (Å²) in [5.41, 5.74) is 11.0. The highest BCUT2D eigenvalue weighted by Gasteiger charge is 2.22. The zero-order chi connectivity index (χ0) is 34.2. The molecule has 0 bridgehead atoms. The Hall–Kier alpha value is -6.62. The van der Waals surface area contributed by atoms with Gasteiger partial charge >= 0.3 is 0 Å². The van der Waals surface area contributed by atoms with Gasteiger partial charge in [0, 0.05) is 59.0 Å². The van der Waals surface area contributed by atoms with Gasteiger partial charge in [-0.3, -0.25) is 0 Å². The third-order valence-corrected chi connectivity index (χ3v) is 11.4. The van der Waals surface area contributed by atoms with E-state index in [1.54, 1.807) is 0 Å². The van der Waals surface area contributed by atoms with E-state index in [4.69, 9.17) is 8.83 Å². The first-order valence-electron chi connectivity index (χ1n) is 17.5. The quantitative estimate of drug-likeness (QED) is 0.181. The van der Waals surface area contributed by atoms with E-state index in [9.17, 15) is 0 Å². The fourth-order valence-corrected chi connectivity index (χ4v) is 8.98. The molecule has 0 aliphatic heterocycles. The van der Waals surface area contributed by atoms with Crippen molar-refractivity contribution in [2.75, 3.05) is 4.90 Å². The molecule has 0 unspecified atom stereocenters. The van der Waals surface area contributed by atoms with Crippen molar-refractivity contribution in [2.45, 2.75) is 0 Å². The maximum atomic E-state index is 6.96. The summed E-state index contributed by atoms with van der Waals surface area (Å²) < 4.78 is 16.0. The molecule has 11 rings (SSSR count). The number of para-hydroxylation sites is 3. The SMILES string of the molecule is c1ccc(-c2cccc3c2oc2c(N(c4cccc(-c5ccc6c(c5)sc5ccccc56)c4)c4ccc5c(c4)oc4ccccc45)cccc23)cc1. The predicted octanol–water partition coefficient (Wildman–Crippen LogP) is 14.7. The second kappa shape index (κ2) is 11.5.